The molecule has 1 aromatic heterocycles. The molecule has 1 unspecified atom stereocenters. The van der Waals surface area contributed by atoms with Crippen LogP contribution in [-0.2, 0) is 24.2 Å². The number of rotatable bonds is 7. The van der Waals surface area contributed by atoms with Gasteiger partial charge in [-0.2, -0.15) is 0 Å². The molecule has 0 saturated carbocycles. The van der Waals surface area contributed by atoms with Gasteiger partial charge < -0.3 is 14.2 Å². The molecule has 134 valence electrons. The van der Waals surface area contributed by atoms with Crippen molar-refractivity contribution in [2.75, 3.05) is 13.7 Å². The molecule has 1 atom stereocenters. The number of likely N-dealkylation sites (tertiary alicyclic amines) is 1. The van der Waals surface area contributed by atoms with E-state index in [-0.39, 0.29) is 5.91 Å². The summed E-state index contributed by atoms with van der Waals surface area (Å²) in [5, 5.41) is 8.18. The number of hydrogen-bond acceptors (Lipinski definition) is 4. The van der Waals surface area contributed by atoms with E-state index in [1.54, 1.807) is 13.4 Å². The SMILES string of the molecule is CCn1cnnc1CCC1CCCN1C(=O)Cc1ccc(OC)cc1. The Hall–Kier alpha value is -2.37. The molecule has 0 aliphatic carbocycles. The highest BCUT2D eigenvalue weighted by molar-refractivity contribution is 5.79. The van der Waals surface area contributed by atoms with Gasteiger partial charge in [0.25, 0.3) is 0 Å². The predicted molar refractivity (Wildman–Crippen MR) is 95.5 cm³/mol. The summed E-state index contributed by atoms with van der Waals surface area (Å²) in [6.45, 7) is 3.83. The minimum absolute atomic E-state index is 0.213. The lowest BCUT2D eigenvalue weighted by molar-refractivity contribution is -0.131. The van der Waals surface area contributed by atoms with Crippen LogP contribution in [-0.4, -0.2) is 45.3 Å². The Kier molecular flexibility index (Phi) is 5.68. The molecule has 3 rings (SSSR count). The predicted octanol–water partition coefficient (Wildman–Crippen LogP) is 2.47. The fourth-order valence-electron chi connectivity index (χ4n) is 3.52. The molecular formula is C19H26N4O2. The normalized spacial score (nSPS) is 17.0. The number of ether oxygens (including phenoxy) is 1. The van der Waals surface area contributed by atoms with E-state index in [1.807, 2.05) is 24.3 Å². The van der Waals surface area contributed by atoms with Crippen LogP contribution in [0.2, 0.25) is 0 Å². The first kappa shape index (κ1) is 17.5. The van der Waals surface area contributed by atoms with E-state index < -0.39 is 0 Å². The molecule has 0 radical (unpaired) electrons. The lowest BCUT2D eigenvalue weighted by atomic mass is 10.1. The molecule has 1 amide bonds. The zero-order valence-electron chi connectivity index (χ0n) is 15.0. The van der Waals surface area contributed by atoms with E-state index in [0.717, 1.165) is 55.9 Å². The van der Waals surface area contributed by atoms with Crippen LogP contribution in [0.1, 0.15) is 37.6 Å². The first-order chi connectivity index (χ1) is 12.2. The van der Waals surface area contributed by atoms with E-state index in [0.29, 0.717) is 12.5 Å². The van der Waals surface area contributed by atoms with Crippen molar-refractivity contribution in [3.8, 4) is 5.75 Å². The summed E-state index contributed by atoms with van der Waals surface area (Å²) in [4.78, 5) is 14.8. The van der Waals surface area contributed by atoms with Crippen LogP contribution in [0, 0.1) is 0 Å². The standard InChI is InChI=1S/C19H26N4O2/c1-3-22-14-20-21-18(22)11-8-16-5-4-12-23(16)19(24)13-15-6-9-17(25-2)10-7-15/h6-7,9-10,14,16H,3-5,8,11-13H2,1-2H3. The van der Waals surface area contributed by atoms with Crippen LogP contribution >= 0.6 is 0 Å². The van der Waals surface area contributed by atoms with Crippen molar-refractivity contribution in [1.82, 2.24) is 19.7 Å². The summed E-state index contributed by atoms with van der Waals surface area (Å²) >= 11 is 0. The van der Waals surface area contributed by atoms with Gasteiger partial charge in [-0.3, -0.25) is 4.79 Å². The molecule has 6 nitrogen and oxygen atoms in total. The molecule has 2 heterocycles. The van der Waals surface area contributed by atoms with Crippen molar-refractivity contribution in [3.63, 3.8) is 0 Å². The molecule has 2 aromatic rings. The van der Waals surface area contributed by atoms with E-state index in [4.69, 9.17) is 4.74 Å². The number of aromatic nitrogens is 3. The maximum Gasteiger partial charge on any atom is 0.227 e. The van der Waals surface area contributed by atoms with Crippen LogP contribution in [0.4, 0.5) is 0 Å². The Morgan fingerprint density at radius 3 is 2.84 bits per heavy atom. The third kappa shape index (κ3) is 4.18. The Morgan fingerprint density at radius 2 is 2.12 bits per heavy atom. The van der Waals surface area contributed by atoms with E-state index in [2.05, 4.69) is 26.6 Å². The van der Waals surface area contributed by atoms with Crippen molar-refractivity contribution in [3.05, 3.63) is 42.0 Å². The first-order valence-corrected chi connectivity index (χ1v) is 9.00. The van der Waals surface area contributed by atoms with Crippen LogP contribution in [0.3, 0.4) is 0 Å². The third-order valence-corrected chi connectivity index (χ3v) is 4.95. The number of benzene rings is 1. The summed E-state index contributed by atoms with van der Waals surface area (Å²) in [6.07, 6.45) is 6.20. The monoisotopic (exact) mass is 342 g/mol. The quantitative estimate of drug-likeness (QED) is 0.775. The largest absolute Gasteiger partial charge is 0.497 e. The van der Waals surface area contributed by atoms with Crippen molar-refractivity contribution >= 4 is 5.91 Å². The second-order valence-corrected chi connectivity index (χ2v) is 6.48. The number of hydrogen-bond donors (Lipinski definition) is 0. The van der Waals surface area contributed by atoms with Crippen molar-refractivity contribution in [2.24, 2.45) is 0 Å². The van der Waals surface area contributed by atoms with Crippen molar-refractivity contribution in [2.45, 2.75) is 51.6 Å². The average Bonchev–Trinajstić information content (AvgIpc) is 3.29. The Morgan fingerprint density at radius 1 is 1.32 bits per heavy atom. The maximum absolute atomic E-state index is 12.7. The van der Waals surface area contributed by atoms with Gasteiger partial charge in [0.05, 0.1) is 13.5 Å². The lowest BCUT2D eigenvalue weighted by Gasteiger charge is -2.25. The molecule has 0 bridgehead atoms. The van der Waals surface area contributed by atoms with Crippen molar-refractivity contribution in [1.29, 1.82) is 0 Å². The summed E-state index contributed by atoms with van der Waals surface area (Å²) in [5.41, 5.74) is 1.03. The molecular weight excluding hydrogens is 316 g/mol. The van der Waals surface area contributed by atoms with Gasteiger partial charge in [0.15, 0.2) is 0 Å². The van der Waals surface area contributed by atoms with Gasteiger partial charge >= 0.3 is 0 Å². The molecule has 1 fully saturated rings. The topological polar surface area (TPSA) is 60.2 Å². The third-order valence-electron chi connectivity index (χ3n) is 4.95. The highest BCUT2D eigenvalue weighted by Gasteiger charge is 2.28. The van der Waals surface area contributed by atoms with Gasteiger partial charge in [0, 0.05) is 25.6 Å². The van der Waals surface area contributed by atoms with Gasteiger partial charge in [-0.1, -0.05) is 12.1 Å². The first-order valence-electron chi connectivity index (χ1n) is 9.00. The Balaban J connectivity index is 1.57. The fourth-order valence-corrected chi connectivity index (χ4v) is 3.52. The fraction of sp³-hybridized carbons (Fsp3) is 0.526. The van der Waals surface area contributed by atoms with Crippen LogP contribution in [0.15, 0.2) is 30.6 Å². The van der Waals surface area contributed by atoms with Crippen LogP contribution < -0.4 is 4.74 Å². The number of methoxy groups -OCH3 is 1. The molecule has 1 aliphatic heterocycles. The van der Waals surface area contributed by atoms with Gasteiger partial charge in [-0.15, -0.1) is 10.2 Å². The van der Waals surface area contributed by atoms with Crippen LogP contribution in [0.5, 0.6) is 5.75 Å². The minimum Gasteiger partial charge on any atom is -0.497 e. The molecule has 25 heavy (non-hydrogen) atoms. The van der Waals surface area contributed by atoms with Gasteiger partial charge in [-0.05, 0) is 43.9 Å². The number of amides is 1. The molecule has 1 saturated heterocycles. The zero-order chi connectivity index (χ0) is 17.6. The lowest BCUT2D eigenvalue weighted by Crippen LogP contribution is -2.37. The molecule has 1 aliphatic rings. The second-order valence-electron chi connectivity index (χ2n) is 6.48. The number of carbonyl (C=O) groups is 1. The molecule has 1 aromatic carbocycles. The van der Waals surface area contributed by atoms with Crippen molar-refractivity contribution < 1.29 is 9.53 Å². The zero-order valence-corrected chi connectivity index (χ0v) is 15.0. The van der Waals surface area contributed by atoms with E-state index >= 15 is 0 Å². The average molecular weight is 342 g/mol. The highest BCUT2D eigenvalue weighted by atomic mass is 16.5. The Bertz CT molecular complexity index is 696. The number of aryl methyl sites for hydroxylation is 2. The summed E-state index contributed by atoms with van der Waals surface area (Å²) in [7, 11) is 1.65. The highest BCUT2D eigenvalue weighted by Crippen LogP contribution is 2.23. The maximum atomic E-state index is 12.7. The molecule has 0 N–H and O–H groups in total. The number of carbonyl (C=O) groups excluding carboxylic acids is 1. The smallest absolute Gasteiger partial charge is 0.227 e. The van der Waals surface area contributed by atoms with E-state index in [1.165, 1.54) is 0 Å². The molecule has 6 heteroatoms. The summed E-state index contributed by atoms with van der Waals surface area (Å²) < 4.78 is 7.24. The second kappa shape index (κ2) is 8.14. The van der Waals surface area contributed by atoms with Crippen LogP contribution in [0.25, 0.3) is 0 Å². The molecule has 0 spiro atoms. The summed E-state index contributed by atoms with van der Waals surface area (Å²) in [6, 6.07) is 8.05. The number of nitrogens with zero attached hydrogens (tertiary/aromatic N) is 4. The van der Waals surface area contributed by atoms with Gasteiger partial charge in [0.1, 0.15) is 17.9 Å². The summed E-state index contributed by atoms with van der Waals surface area (Å²) in [5.74, 6) is 2.04. The Labute approximate surface area is 148 Å². The van der Waals surface area contributed by atoms with Gasteiger partial charge in [0.2, 0.25) is 5.91 Å². The van der Waals surface area contributed by atoms with E-state index in [9.17, 15) is 4.79 Å². The van der Waals surface area contributed by atoms with Gasteiger partial charge in [-0.25, -0.2) is 0 Å². The minimum atomic E-state index is 0.213.